The monoisotopic (exact) mass is 333 g/mol. The summed E-state index contributed by atoms with van der Waals surface area (Å²) in [6.07, 6.45) is 0. The van der Waals surface area contributed by atoms with Gasteiger partial charge in [-0.15, -0.1) is 0 Å². The van der Waals surface area contributed by atoms with Gasteiger partial charge in [-0.05, 0) is 5.56 Å². The molecule has 0 saturated carbocycles. The first kappa shape index (κ1) is 17.2. The second-order valence-electron chi connectivity index (χ2n) is 4.88. The smallest absolute Gasteiger partial charge is 0.295 e. The van der Waals surface area contributed by atoms with Gasteiger partial charge < -0.3 is 15.4 Å². The molecule has 0 atom stereocenters. The number of benzene rings is 2. The molecule has 0 fully saturated rings. The lowest BCUT2D eigenvalue weighted by Gasteiger charge is -2.10. The van der Waals surface area contributed by atoms with Crippen LogP contribution in [0.5, 0.6) is 5.75 Å². The Kier molecular flexibility index (Phi) is 5.67. The zero-order chi connectivity index (χ0) is 17.5. The van der Waals surface area contributed by atoms with E-state index in [1.807, 2.05) is 30.3 Å². The molecule has 0 bridgehead atoms. The Balaban J connectivity index is 2.00. The number of halogens is 1. The van der Waals surface area contributed by atoms with E-state index in [4.69, 9.17) is 4.74 Å². The normalized spacial score (nSPS) is 10.1. The van der Waals surface area contributed by atoms with Gasteiger partial charge in [-0.3, -0.25) is 14.9 Å². The van der Waals surface area contributed by atoms with Crippen LogP contribution in [0, 0.1) is 15.9 Å². The molecule has 126 valence electrons. The third-order valence-corrected chi connectivity index (χ3v) is 3.24. The molecule has 8 heteroatoms. The van der Waals surface area contributed by atoms with Crippen molar-refractivity contribution in [2.45, 2.75) is 6.54 Å². The van der Waals surface area contributed by atoms with Crippen LogP contribution in [0.2, 0.25) is 0 Å². The van der Waals surface area contributed by atoms with Crippen LogP contribution in [0.25, 0.3) is 0 Å². The first-order chi connectivity index (χ1) is 11.5. The largest absolute Gasteiger partial charge is 0.494 e. The van der Waals surface area contributed by atoms with Gasteiger partial charge in [0.25, 0.3) is 5.69 Å². The van der Waals surface area contributed by atoms with Gasteiger partial charge in [-0.2, -0.15) is 0 Å². The molecule has 2 rings (SSSR count). The van der Waals surface area contributed by atoms with Crippen LogP contribution in [0.1, 0.15) is 5.56 Å². The molecule has 0 aliphatic rings. The van der Waals surface area contributed by atoms with E-state index in [-0.39, 0.29) is 23.9 Å². The molecule has 0 saturated heterocycles. The highest BCUT2D eigenvalue weighted by Crippen LogP contribution is 2.31. The fourth-order valence-corrected chi connectivity index (χ4v) is 2.03. The molecule has 2 N–H and O–H groups in total. The molecule has 0 unspecified atom stereocenters. The van der Waals surface area contributed by atoms with Gasteiger partial charge in [0.1, 0.15) is 5.69 Å². The maximum Gasteiger partial charge on any atom is 0.295 e. The van der Waals surface area contributed by atoms with Gasteiger partial charge in [-0.25, -0.2) is 4.39 Å². The van der Waals surface area contributed by atoms with Crippen molar-refractivity contribution in [3.8, 4) is 5.75 Å². The Morgan fingerprint density at radius 3 is 2.62 bits per heavy atom. The molecular weight excluding hydrogens is 317 g/mol. The summed E-state index contributed by atoms with van der Waals surface area (Å²) in [5.74, 6) is -1.34. The van der Waals surface area contributed by atoms with Crippen LogP contribution in [-0.2, 0) is 11.3 Å². The number of carbonyl (C=O) groups is 1. The van der Waals surface area contributed by atoms with Crippen LogP contribution in [0.15, 0.2) is 42.5 Å². The van der Waals surface area contributed by atoms with Crippen molar-refractivity contribution in [1.82, 2.24) is 5.32 Å². The molecule has 0 spiro atoms. The maximum atomic E-state index is 13.6. The predicted octanol–water partition coefficient (Wildman–Crippen LogP) is 2.47. The summed E-state index contributed by atoms with van der Waals surface area (Å²) in [4.78, 5) is 22.1. The lowest BCUT2D eigenvalue weighted by Crippen LogP contribution is -2.29. The number of hydrogen-bond acceptors (Lipinski definition) is 5. The topological polar surface area (TPSA) is 93.5 Å². The minimum atomic E-state index is -0.844. The number of rotatable bonds is 7. The van der Waals surface area contributed by atoms with E-state index in [0.29, 0.717) is 6.54 Å². The summed E-state index contributed by atoms with van der Waals surface area (Å²) >= 11 is 0. The number of hydrogen-bond donors (Lipinski definition) is 2. The van der Waals surface area contributed by atoms with Crippen molar-refractivity contribution in [3.05, 3.63) is 64.0 Å². The zero-order valence-electron chi connectivity index (χ0n) is 12.9. The quantitative estimate of drug-likeness (QED) is 0.600. The van der Waals surface area contributed by atoms with Crippen molar-refractivity contribution in [3.63, 3.8) is 0 Å². The van der Waals surface area contributed by atoms with Crippen LogP contribution in [-0.4, -0.2) is 24.5 Å². The van der Waals surface area contributed by atoms with Gasteiger partial charge >= 0.3 is 0 Å². The Labute approximate surface area is 137 Å². The highest BCUT2D eigenvalue weighted by Gasteiger charge is 2.19. The lowest BCUT2D eigenvalue weighted by molar-refractivity contribution is -0.384. The molecule has 2 aromatic rings. The molecule has 0 radical (unpaired) electrons. The van der Waals surface area contributed by atoms with Gasteiger partial charge in [0.2, 0.25) is 5.91 Å². The fraction of sp³-hybridized carbons (Fsp3) is 0.188. The molecule has 0 heterocycles. The number of anilines is 1. The molecular formula is C16H16FN3O4. The minimum Gasteiger partial charge on any atom is -0.494 e. The summed E-state index contributed by atoms with van der Waals surface area (Å²) < 4.78 is 18.4. The first-order valence-corrected chi connectivity index (χ1v) is 7.07. The molecule has 0 aromatic heterocycles. The summed E-state index contributed by atoms with van der Waals surface area (Å²) in [6, 6.07) is 11.2. The summed E-state index contributed by atoms with van der Waals surface area (Å²) in [7, 11) is 1.25. The van der Waals surface area contributed by atoms with E-state index in [2.05, 4.69) is 10.6 Å². The summed E-state index contributed by atoms with van der Waals surface area (Å²) in [6.45, 7) is 0.151. The highest BCUT2D eigenvalue weighted by atomic mass is 19.1. The Hall–Kier alpha value is -3.16. The molecule has 7 nitrogen and oxygen atoms in total. The van der Waals surface area contributed by atoms with Crippen LogP contribution in [0.3, 0.4) is 0 Å². The first-order valence-electron chi connectivity index (χ1n) is 7.07. The SMILES string of the molecule is COc1cc(NCC(=O)NCc2ccccc2)c([N+](=O)[O-])cc1F. The van der Waals surface area contributed by atoms with Gasteiger partial charge in [-0.1, -0.05) is 30.3 Å². The number of methoxy groups -OCH3 is 1. The van der Waals surface area contributed by atoms with E-state index >= 15 is 0 Å². The Bertz CT molecular complexity index is 738. The van der Waals surface area contributed by atoms with E-state index < -0.39 is 16.4 Å². The maximum absolute atomic E-state index is 13.6. The number of amides is 1. The third kappa shape index (κ3) is 4.42. The lowest BCUT2D eigenvalue weighted by atomic mass is 10.2. The van der Waals surface area contributed by atoms with Crippen molar-refractivity contribution < 1.29 is 18.8 Å². The second-order valence-corrected chi connectivity index (χ2v) is 4.88. The fourth-order valence-electron chi connectivity index (χ4n) is 2.03. The number of nitrogens with one attached hydrogen (secondary N) is 2. The van der Waals surface area contributed by atoms with Crippen molar-refractivity contribution >= 4 is 17.3 Å². The minimum absolute atomic E-state index is 0.00751. The van der Waals surface area contributed by atoms with Crippen LogP contribution >= 0.6 is 0 Å². The van der Waals surface area contributed by atoms with E-state index in [1.165, 1.54) is 7.11 Å². The van der Waals surface area contributed by atoms with E-state index in [0.717, 1.165) is 17.7 Å². The van der Waals surface area contributed by atoms with Crippen molar-refractivity contribution in [2.24, 2.45) is 0 Å². The summed E-state index contributed by atoms with van der Waals surface area (Å²) in [5, 5.41) is 16.3. The average Bonchev–Trinajstić information content (AvgIpc) is 2.59. The second kappa shape index (κ2) is 7.91. The molecule has 0 aliphatic heterocycles. The highest BCUT2D eigenvalue weighted by molar-refractivity contribution is 5.81. The Morgan fingerprint density at radius 1 is 1.29 bits per heavy atom. The van der Waals surface area contributed by atoms with Crippen LogP contribution in [0.4, 0.5) is 15.8 Å². The summed E-state index contributed by atoms with van der Waals surface area (Å²) in [5.41, 5.74) is 0.470. The third-order valence-electron chi connectivity index (χ3n) is 3.24. The number of nitro benzene ring substituents is 1. The standard InChI is InChI=1S/C16H16FN3O4/c1-24-15-8-13(14(20(22)23)7-12(15)17)18-10-16(21)19-9-11-5-3-2-4-6-11/h2-8,18H,9-10H2,1H3,(H,19,21). The van der Waals surface area contributed by atoms with Gasteiger partial charge in [0, 0.05) is 12.6 Å². The van der Waals surface area contributed by atoms with Gasteiger partial charge in [0.15, 0.2) is 11.6 Å². The van der Waals surface area contributed by atoms with Crippen molar-refractivity contribution in [1.29, 1.82) is 0 Å². The number of nitro groups is 1. The Morgan fingerprint density at radius 2 is 2.00 bits per heavy atom. The van der Waals surface area contributed by atoms with E-state index in [1.54, 1.807) is 0 Å². The molecule has 1 amide bonds. The number of carbonyl (C=O) groups excluding carboxylic acids is 1. The van der Waals surface area contributed by atoms with Crippen LogP contribution < -0.4 is 15.4 Å². The average molecular weight is 333 g/mol. The molecule has 24 heavy (non-hydrogen) atoms. The van der Waals surface area contributed by atoms with Crippen molar-refractivity contribution in [2.75, 3.05) is 19.0 Å². The number of nitrogens with zero attached hydrogens (tertiary/aromatic N) is 1. The molecule has 0 aliphatic carbocycles. The van der Waals surface area contributed by atoms with Gasteiger partial charge in [0.05, 0.1) is 24.6 Å². The number of ether oxygens (including phenoxy) is 1. The zero-order valence-corrected chi connectivity index (χ0v) is 12.9. The van der Waals surface area contributed by atoms with E-state index in [9.17, 15) is 19.3 Å². The predicted molar refractivity (Wildman–Crippen MR) is 86.4 cm³/mol. The molecule has 2 aromatic carbocycles.